The summed E-state index contributed by atoms with van der Waals surface area (Å²) < 4.78 is 51.7. The summed E-state index contributed by atoms with van der Waals surface area (Å²) in [4.78, 5) is 6.34. The Morgan fingerprint density at radius 2 is 1.85 bits per heavy atom. The fourth-order valence-corrected chi connectivity index (χ4v) is 1.72. The topological polar surface area (TPSA) is 63.8 Å². The summed E-state index contributed by atoms with van der Waals surface area (Å²) in [5, 5.41) is 2.43. The Bertz CT molecular complexity index is 645. The molecule has 9 heteroatoms. The number of hydrogen-bond donors (Lipinski definition) is 2. The van der Waals surface area contributed by atoms with E-state index in [1.165, 1.54) is 12.1 Å². The summed E-state index contributed by atoms with van der Waals surface area (Å²) in [5.41, 5.74) is 5.25. The second-order valence-electron chi connectivity index (χ2n) is 3.75. The van der Waals surface area contributed by atoms with E-state index in [9.17, 15) is 17.6 Å². The monoisotopic (exact) mass is 350 g/mol. The number of benzene rings is 1. The molecule has 0 aliphatic heterocycles. The number of halogens is 5. The molecule has 0 atom stereocenters. The fraction of sp³-hybridized carbons (Fsp3) is 0.0909. The van der Waals surface area contributed by atoms with Crippen LogP contribution in [0.25, 0.3) is 0 Å². The highest BCUT2D eigenvalue weighted by molar-refractivity contribution is 9.10. The normalized spacial score (nSPS) is 11.4. The van der Waals surface area contributed by atoms with Gasteiger partial charge < -0.3 is 11.1 Å². The van der Waals surface area contributed by atoms with Crippen LogP contribution in [-0.4, -0.2) is 9.97 Å². The van der Waals surface area contributed by atoms with E-state index in [0.717, 1.165) is 12.1 Å². The minimum Gasteiger partial charge on any atom is -0.384 e. The molecule has 1 aromatic carbocycles. The number of alkyl halides is 3. The Labute approximate surface area is 119 Å². The van der Waals surface area contributed by atoms with Crippen LogP contribution in [0.1, 0.15) is 5.82 Å². The van der Waals surface area contributed by atoms with Gasteiger partial charge in [0.05, 0.1) is 5.69 Å². The molecule has 1 heterocycles. The zero-order valence-corrected chi connectivity index (χ0v) is 11.3. The lowest BCUT2D eigenvalue weighted by Gasteiger charge is -2.10. The van der Waals surface area contributed by atoms with Crippen LogP contribution in [0.4, 0.5) is 34.9 Å². The molecule has 3 N–H and O–H groups in total. The molecule has 0 saturated heterocycles. The molecule has 0 aliphatic rings. The van der Waals surface area contributed by atoms with Gasteiger partial charge in [0.2, 0.25) is 5.82 Å². The molecule has 0 radical (unpaired) electrons. The summed E-state index contributed by atoms with van der Waals surface area (Å²) in [5.74, 6) is -2.65. The molecule has 0 fully saturated rings. The fourth-order valence-electron chi connectivity index (χ4n) is 1.39. The molecule has 106 valence electrons. The zero-order chi connectivity index (χ0) is 14.9. The number of anilines is 3. The van der Waals surface area contributed by atoms with Crippen molar-refractivity contribution >= 4 is 33.3 Å². The maximum Gasteiger partial charge on any atom is 0.451 e. The van der Waals surface area contributed by atoms with E-state index in [4.69, 9.17) is 5.73 Å². The van der Waals surface area contributed by atoms with Crippen molar-refractivity contribution in [1.82, 2.24) is 9.97 Å². The first kappa shape index (κ1) is 14.5. The molecule has 4 nitrogen and oxygen atoms in total. The van der Waals surface area contributed by atoms with Gasteiger partial charge in [0.25, 0.3) is 0 Å². The van der Waals surface area contributed by atoms with E-state index < -0.39 is 17.8 Å². The first-order chi connectivity index (χ1) is 9.25. The van der Waals surface area contributed by atoms with Crippen molar-refractivity contribution in [1.29, 1.82) is 0 Å². The zero-order valence-electron chi connectivity index (χ0n) is 9.67. The van der Waals surface area contributed by atoms with Gasteiger partial charge in [-0.25, -0.2) is 14.4 Å². The number of hydrogen-bond acceptors (Lipinski definition) is 4. The van der Waals surface area contributed by atoms with Gasteiger partial charge in [0.1, 0.15) is 17.5 Å². The molecular formula is C11H7BrF4N4. The average Bonchev–Trinajstić information content (AvgIpc) is 2.31. The highest BCUT2D eigenvalue weighted by Crippen LogP contribution is 2.29. The van der Waals surface area contributed by atoms with Crippen molar-refractivity contribution in [3.8, 4) is 0 Å². The van der Waals surface area contributed by atoms with E-state index in [0.29, 0.717) is 4.47 Å². The number of nitrogen functional groups attached to an aromatic ring is 1. The minimum absolute atomic E-state index is 0.0283. The SMILES string of the molecule is Nc1cc(Nc2ccc(Br)cc2F)nc(C(F)(F)F)n1. The minimum atomic E-state index is -4.73. The van der Waals surface area contributed by atoms with Crippen LogP contribution in [-0.2, 0) is 6.18 Å². The van der Waals surface area contributed by atoms with Crippen LogP contribution < -0.4 is 11.1 Å². The summed E-state index contributed by atoms with van der Waals surface area (Å²) in [7, 11) is 0. The van der Waals surface area contributed by atoms with E-state index in [1.54, 1.807) is 0 Å². The molecule has 2 aromatic rings. The van der Waals surface area contributed by atoms with Gasteiger partial charge in [-0.05, 0) is 18.2 Å². The van der Waals surface area contributed by atoms with Crippen molar-refractivity contribution in [2.75, 3.05) is 11.1 Å². The number of nitrogens with two attached hydrogens (primary N) is 1. The predicted molar refractivity (Wildman–Crippen MR) is 68.8 cm³/mol. The Hall–Kier alpha value is -1.90. The van der Waals surface area contributed by atoms with E-state index in [-0.39, 0.29) is 17.3 Å². The maximum atomic E-state index is 13.6. The Kier molecular flexibility index (Phi) is 3.80. The second-order valence-corrected chi connectivity index (χ2v) is 4.66. The summed E-state index contributed by atoms with van der Waals surface area (Å²) in [6.07, 6.45) is -4.73. The standard InChI is InChI=1S/C11H7BrF4N4/c12-5-1-2-7(6(13)3-5)18-9-4-8(17)19-10(20-9)11(14,15)16/h1-4H,(H3,17,18,19,20). The molecule has 2 rings (SSSR count). The predicted octanol–water partition coefficient (Wildman–Crippen LogP) is 3.72. The molecule has 0 spiro atoms. The molecule has 0 bridgehead atoms. The smallest absolute Gasteiger partial charge is 0.384 e. The quantitative estimate of drug-likeness (QED) is 0.810. The average molecular weight is 351 g/mol. The Morgan fingerprint density at radius 1 is 1.15 bits per heavy atom. The second kappa shape index (κ2) is 5.23. The van der Waals surface area contributed by atoms with Crippen LogP contribution in [0.5, 0.6) is 0 Å². The van der Waals surface area contributed by atoms with Crippen LogP contribution >= 0.6 is 15.9 Å². The third-order valence-corrected chi connectivity index (χ3v) is 2.69. The van der Waals surface area contributed by atoms with Gasteiger partial charge in [-0.3, -0.25) is 0 Å². The highest BCUT2D eigenvalue weighted by Gasteiger charge is 2.35. The third-order valence-electron chi connectivity index (χ3n) is 2.19. The lowest BCUT2D eigenvalue weighted by Crippen LogP contribution is -2.13. The summed E-state index contributed by atoms with van der Waals surface area (Å²) in [6, 6.07) is 5.12. The van der Waals surface area contributed by atoms with Crippen LogP contribution in [0.15, 0.2) is 28.7 Å². The van der Waals surface area contributed by atoms with Gasteiger partial charge in [0, 0.05) is 10.5 Å². The number of nitrogens with zero attached hydrogens (tertiary/aromatic N) is 2. The number of nitrogens with one attached hydrogen (secondary N) is 1. The van der Waals surface area contributed by atoms with Crippen molar-refractivity contribution in [2.45, 2.75) is 6.18 Å². The number of rotatable bonds is 2. The number of aromatic nitrogens is 2. The van der Waals surface area contributed by atoms with Gasteiger partial charge in [0.15, 0.2) is 0 Å². The maximum absolute atomic E-state index is 13.6. The highest BCUT2D eigenvalue weighted by atomic mass is 79.9. The Morgan fingerprint density at radius 3 is 2.45 bits per heavy atom. The first-order valence-corrected chi connectivity index (χ1v) is 5.99. The first-order valence-electron chi connectivity index (χ1n) is 5.19. The van der Waals surface area contributed by atoms with E-state index >= 15 is 0 Å². The van der Waals surface area contributed by atoms with Gasteiger partial charge in [-0.15, -0.1) is 0 Å². The van der Waals surface area contributed by atoms with Gasteiger partial charge in [-0.2, -0.15) is 13.2 Å². The van der Waals surface area contributed by atoms with Crippen LogP contribution in [0.3, 0.4) is 0 Å². The molecule has 20 heavy (non-hydrogen) atoms. The third kappa shape index (κ3) is 3.35. The lowest BCUT2D eigenvalue weighted by molar-refractivity contribution is -0.144. The van der Waals surface area contributed by atoms with Gasteiger partial charge >= 0.3 is 6.18 Å². The van der Waals surface area contributed by atoms with Gasteiger partial charge in [-0.1, -0.05) is 15.9 Å². The van der Waals surface area contributed by atoms with Crippen molar-refractivity contribution in [2.24, 2.45) is 0 Å². The summed E-state index contributed by atoms with van der Waals surface area (Å²) in [6.45, 7) is 0. The lowest BCUT2D eigenvalue weighted by atomic mass is 10.3. The van der Waals surface area contributed by atoms with Crippen LogP contribution in [0.2, 0.25) is 0 Å². The molecular weight excluding hydrogens is 344 g/mol. The molecule has 0 amide bonds. The molecule has 1 aromatic heterocycles. The molecule has 0 unspecified atom stereocenters. The van der Waals surface area contributed by atoms with Crippen molar-refractivity contribution in [3.05, 3.63) is 40.4 Å². The van der Waals surface area contributed by atoms with Crippen molar-refractivity contribution < 1.29 is 17.6 Å². The summed E-state index contributed by atoms with van der Waals surface area (Å²) >= 11 is 3.07. The molecule has 0 saturated carbocycles. The van der Waals surface area contributed by atoms with Crippen LogP contribution in [0, 0.1) is 5.82 Å². The molecule has 0 aliphatic carbocycles. The van der Waals surface area contributed by atoms with E-state index in [1.807, 2.05) is 0 Å². The van der Waals surface area contributed by atoms with E-state index in [2.05, 4.69) is 31.2 Å². The largest absolute Gasteiger partial charge is 0.451 e. The Balaban J connectivity index is 2.36. The van der Waals surface area contributed by atoms with Crippen molar-refractivity contribution in [3.63, 3.8) is 0 Å².